The smallest absolute Gasteiger partial charge is 0.0706 e. The molecule has 0 saturated heterocycles. The topological polar surface area (TPSA) is 24.9 Å². The highest BCUT2D eigenvalue weighted by atomic mass is 14.9. The van der Waals surface area contributed by atoms with Gasteiger partial charge in [-0.3, -0.25) is 4.98 Å². The van der Waals surface area contributed by atoms with E-state index >= 15 is 0 Å². The number of rotatable bonds is 4. The van der Waals surface area contributed by atoms with Gasteiger partial charge in [-0.2, -0.15) is 0 Å². The van der Waals surface area contributed by atoms with Crippen molar-refractivity contribution in [1.29, 1.82) is 0 Å². The molecule has 3 rings (SSSR count). The first kappa shape index (κ1) is 13.6. The van der Waals surface area contributed by atoms with Crippen molar-refractivity contribution in [2.24, 2.45) is 0 Å². The Morgan fingerprint density at radius 3 is 2.67 bits per heavy atom. The number of aromatic nitrogens is 1. The van der Waals surface area contributed by atoms with Crippen molar-refractivity contribution >= 4 is 16.6 Å². The third kappa shape index (κ3) is 3.22. The van der Waals surface area contributed by atoms with Crippen LogP contribution in [0.4, 0.5) is 5.69 Å². The average molecular weight is 276 g/mol. The van der Waals surface area contributed by atoms with Crippen LogP contribution in [0.15, 0.2) is 60.7 Å². The molecule has 106 valence electrons. The molecule has 0 aliphatic heterocycles. The molecule has 2 aromatic carbocycles. The third-order valence-corrected chi connectivity index (χ3v) is 3.68. The zero-order valence-electron chi connectivity index (χ0n) is 12.5. The summed E-state index contributed by atoms with van der Waals surface area (Å²) in [4.78, 5) is 4.69. The molecule has 1 heterocycles. The van der Waals surface area contributed by atoms with E-state index in [4.69, 9.17) is 0 Å². The summed E-state index contributed by atoms with van der Waals surface area (Å²) in [7, 11) is 0. The van der Waals surface area contributed by atoms with E-state index in [-0.39, 0.29) is 0 Å². The molecule has 0 aliphatic carbocycles. The van der Waals surface area contributed by atoms with Crippen molar-refractivity contribution in [1.82, 2.24) is 4.98 Å². The molecule has 0 aliphatic rings. The highest BCUT2D eigenvalue weighted by Crippen LogP contribution is 2.19. The van der Waals surface area contributed by atoms with Crippen LogP contribution < -0.4 is 5.32 Å². The maximum Gasteiger partial charge on any atom is 0.0706 e. The molecule has 21 heavy (non-hydrogen) atoms. The van der Waals surface area contributed by atoms with Crippen LogP contribution in [-0.2, 0) is 6.54 Å². The van der Waals surface area contributed by atoms with E-state index in [1.807, 2.05) is 12.1 Å². The monoisotopic (exact) mass is 276 g/mol. The first-order chi connectivity index (χ1) is 10.2. The molecular formula is C19H20N2. The molecule has 0 spiro atoms. The van der Waals surface area contributed by atoms with Gasteiger partial charge in [0.2, 0.25) is 0 Å². The van der Waals surface area contributed by atoms with Crippen LogP contribution in [0.1, 0.15) is 31.0 Å². The summed E-state index contributed by atoms with van der Waals surface area (Å²) in [5.74, 6) is 0.547. The van der Waals surface area contributed by atoms with Crippen molar-refractivity contribution in [3.8, 4) is 0 Å². The molecule has 0 atom stereocenters. The van der Waals surface area contributed by atoms with Crippen LogP contribution in [0.5, 0.6) is 0 Å². The van der Waals surface area contributed by atoms with Crippen LogP contribution in [-0.4, -0.2) is 4.98 Å². The van der Waals surface area contributed by atoms with Crippen LogP contribution in [0, 0.1) is 0 Å². The molecule has 0 amide bonds. The van der Waals surface area contributed by atoms with Gasteiger partial charge in [-0.15, -0.1) is 0 Å². The van der Waals surface area contributed by atoms with Crippen molar-refractivity contribution in [2.45, 2.75) is 26.3 Å². The Morgan fingerprint density at radius 1 is 0.952 bits per heavy atom. The lowest BCUT2D eigenvalue weighted by atomic mass is 10.0. The van der Waals surface area contributed by atoms with Gasteiger partial charge in [0, 0.05) is 11.1 Å². The maximum atomic E-state index is 4.69. The highest BCUT2D eigenvalue weighted by molar-refractivity contribution is 5.78. The Morgan fingerprint density at radius 2 is 1.81 bits per heavy atom. The highest BCUT2D eigenvalue weighted by Gasteiger charge is 2.01. The molecule has 0 unspecified atom stereocenters. The van der Waals surface area contributed by atoms with Gasteiger partial charge in [0.25, 0.3) is 0 Å². The SMILES string of the molecule is CC(C)c1cccc(NCc2ccc3ccccc3n2)c1. The maximum absolute atomic E-state index is 4.69. The molecule has 0 radical (unpaired) electrons. The van der Waals surface area contributed by atoms with E-state index in [9.17, 15) is 0 Å². The van der Waals surface area contributed by atoms with Crippen LogP contribution in [0.2, 0.25) is 0 Å². The molecule has 1 N–H and O–H groups in total. The number of hydrogen-bond acceptors (Lipinski definition) is 2. The second-order valence-electron chi connectivity index (χ2n) is 5.63. The van der Waals surface area contributed by atoms with E-state index in [0.717, 1.165) is 23.4 Å². The van der Waals surface area contributed by atoms with Gasteiger partial charge in [-0.25, -0.2) is 0 Å². The van der Waals surface area contributed by atoms with Gasteiger partial charge in [-0.1, -0.05) is 50.2 Å². The largest absolute Gasteiger partial charge is 0.379 e. The van der Waals surface area contributed by atoms with E-state index < -0.39 is 0 Å². The van der Waals surface area contributed by atoms with Crippen LogP contribution in [0.3, 0.4) is 0 Å². The zero-order chi connectivity index (χ0) is 14.7. The zero-order valence-corrected chi connectivity index (χ0v) is 12.5. The Balaban J connectivity index is 1.75. The Kier molecular flexibility index (Phi) is 3.87. The summed E-state index contributed by atoms with van der Waals surface area (Å²) in [5.41, 5.74) is 4.61. The molecule has 2 heteroatoms. The van der Waals surface area contributed by atoms with Gasteiger partial charge < -0.3 is 5.32 Å². The number of nitrogens with zero attached hydrogens (tertiary/aromatic N) is 1. The second kappa shape index (κ2) is 5.96. The quantitative estimate of drug-likeness (QED) is 0.727. The number of hydrogen-bond donors (Lipinski definition) is 1. The van der Waals surface area contributed by atoms with Crippen molar-refractivity contribution in [2.75, 3.05) is 5.32 Å². The van der Waals surface area contributed by atoms with Crippen LogP contribution in [0.25, 0.3) is 10.9 Å². The summed E-state index contributed by atoms with van der Waals surface area (Å²) in [6.07, 6.45) is 0. The molecule has 0 bridgehead atoms. The van der Waals surface area contributed by atoms with E-state index in [2.05, 4.69) is 72.7 Å². The van der Waals surface area contributed by atoms with Crippen molar-refractivity contribution < 1.29 is 0 Å². The molecule has 2 nitrogen and oxygen atoms in total. The normalized spacial score (nSPS) is 11.0. The molecular weight excluding hydrogens is 256 g/mol. The fourth-order valence-electron chi connectivity index (χ4n) is 2.41. The van der Waals surface area contributed by atoms with Gasteiger partial charge in [0.1, 0.15) is 0 Å². The summed E-state index contributed by atoms with van der Waals surface area (Å²) >= 11 is 0. The number of pyridine rings is 1. The van der Waals surface area contributed by atoms with E-state index in [1.54, 1.807) is 0 Å². The van der Waals surface area contributed by atoms with Crippen molar-refractivity contribution in [3.05, 3.63) is 71.9 Å². The standard InChI is InChI=1S/C19H20N2/c1-14(2)16-7-5-8-17(12-16)20-13-18-11-10-15-6-3-4-9-19(15)21-18/h3-12,14,20H,13H2,1-2H3. The molecule has 3 aromatic rings. The van der Waals surface area contributed by atoms with E-state index in [0.29, 0.717) is 5.92 Å². The molecule has 1 aromatic heterocycles. The summed E-state index contributed by atoms with van der Waals surface area (Å²) in [6.45, 7) is 5.17. The predicted molar refractivity (Wildman–Crippen MR) is 89.6 cm³/mol. The summed E-state index contributed by atoms with van der Waals surface area (Å²) in [5, 5.41) is 4.64. The number of para-hydroxylation sites is 1. The number of nitrogens with one attached hydrogen (secondary N) is 1. The fraction of sp³-hybridized carbons (Fsp3) is 0.211. The van der Waals surface area contributed by atoms with Crippen LogP contribution >= 0.6 is 0 Å². The van der Waals surface area contributed by atoms with Crippen molar-refractivity contribution in [3.63, 3.8) is 0 Å². The third-order valence-electron chi connectivity index (χ3n) is 3.68. The minimum absolute atomic E-state index is 0.547. The van der Waals surface area contributed by atoms with E-state index in [1.165, 1.54) is 10.9 Å². The second-order valence-corrected chi connectivity index (χ2v) is 5.63. The Hall–Kier alpha value is -2.35. The molecule has 0 fully saturated rings. The van der Waals surface area contributed by atoms with Gasteiger partial charge in [-0.05, 0) is 35.7 Å². The lowest BCUT2D eigenvalue weighted by Gasteiger charge is -2.10. The lowest BCUT2D eigenvalue weighted by Crippen LogP contribution is -2.02. The van der Waals surface area contributed by atoms with Gasteiger partial charge >= 0.3 is 0 Å². The van der Waals surface area contributed by atoms with Gasteiger partial charge in [0.05, 0.1) is 17.8 Å². The first-order valence-corrected chi connectivity index (χ1v) is 7.41. The summed E-state index contributed by atoms with van der Waals surface area (Å²) < 4.78 is 0. The molecule has 0 saturated carbocycles. The fourth-order valence-corrected chi connectivity index (χ4v) is 2.41. The Labute approximate surface area is 125 Å². The number of anilines is 1. The minimum Gasteiger partial charge on any atom is -0.379 e. The number of fused-ring (bicyclic) bond motifs is 1. The average Bonchev–Trinajstić information content (AvgIpc) is 2.53. The first-order valence-electron chi connectivity index (χ1n) is 7.41. The number of benzene rings is 2. The minimum atomic E-state index is 0.547. The predicted octanol–water partition coefficient (Wildman–Crippen LogP) is 4.97. The lowest BCUT2D eigenvalue weighted by molar-refractivity contribution is 0.866. The Bertz CT molecular complexity index is 747. The summed E-state index contributed by atoms with van der Waals surface area (Å²) in [6, 6.07) is 21.0. The van der Waals surface area contributed by atoms with Gasteiger partial charge in [0.15, 0.2) is 0 Å².